The van der Waals surface area contributed by atoms with E-state index in [0.29, 0.717) is 11.3 Å². The van der Waals surface area contributed by atoms with Crippen LogP contribution < -0.4 is 10.1 Å². The molecule has 2 aromatic rings. The largest absolute Gasteiger partial charge is 0.425 e. The van der Waals surface area contributed by atoms with E-state index < -0.39 is 21.7 Å². The van der Waals surface area contributed by atoms with Gasteiger partial charge < -0.3 is 4.74 Å². The molecule has 1 amide bonds. The van der Waals surface area contributed by atoms with Crippen molar-refractivity contribution in [3.05, 3.63) is 39.4 Å². The number of benzene rings is 1. The van der Waals surface area contributed by atoms with Gasteiger partial charge in [-0.2, -0.15) is 0 Å². The number of nitrogens with one attached hydrogen (secondary N) is 1. The monoisotopic (exact) mass is 416 g/mol. The molecular formula is C16H17ClN2O5S2. The molecule has 1 aromatic carbocycles. The van der Waals surface area contributed by atoms with Crippen molar-refractivity contribution in [2.75, 3.05) is 11.1 Å². The van der Waals surface area contributed by atoms with Crippen LogP contribution in [-0.4, -0.2) is 31.0 Å². The second-order valence-corrected chi connectivity index (χ2v) is 9.08. The minimum Gasteiger partial charge on any atom is -0.425 e. The van der Waals surface area contributed by atoms with Gasteiger partial charge in [-0.15, -0.1) is 11.3 Å². The summed E-state index contributed by atoms with van der Waals surface area (Å²) in [5.74, 6) is -1.08. The highest BCUT2D eigenvalue weighted by Gasteiger charge is 2.17. The summed E-state index contributed by atoms with van der Waals surface area (Å²) in [5, 5.41) is 4.69. The Morgan fingerprint density at radius 3 is 2.65 bits per heavy atom. The molecule has 1 N–H and O–H groups in total. The fourth-order valence-corrected chi connectivity index (χ4v) is 3.92. The molecule has 10 heteroatoms. The van der Waals surface area contributed by atoms with Gasteiger partial charge in [0.15, 0.2) is 15.0 Å². The van der Waals surface area contributed by atoms with Gasteiger partial charge in [0.2, 0.25) is 0 Å². The highest BCUT2D eigenvalue weighted by Crippen LogP contribution is 2.29. The summed E-state index contributed by atoms with van der Waals surface area (Å²) in [5.41, 5.74) is 1.23. The van der Waals surface area contributed by atoms with Crippen LogP contribution >= 0.6 is 22.9 Å². The Balaban J connectivity index is 2.20. The molecule has 0 aliphatic rings. The predicted octanol–water partition coefficient (Wildman–Crippen LogP) is 3.22. The van der Waals surface area contributed by atoms with Gasteiger partial charge in [-0.3, -0.25) is 14.9 Å². The zero-order chi connectivity index (χ0) is 19.5. The van der Waals surface area contributed by atoms with Crippen molar-refractivity contribution >= 4 is 49.8 Å². The average Bonchev–Trinajstić information content (AvgIpc) is 2.95. The number of anilines is 1. The molecule has 0 saturated heterocycles. The molecule has 0 unspecified atom stereocenters. The number of amides is 1. The summed E-state index contributed by atoms with van der Waals surface area (Å²) in [6.07, 6.45) is 0. The van der Waals surface area contributed by atoms with Crippen LogP contribution in [0.5, 0.6) is 5.75 Å². The smallest absolute Gasteiger partial charge is 0.308 e. The number of nitrogens with zero attached hydrogens (tertiary/aromatic N) is 1. The highest BCUT2D eigenvalue weighted by atomic mass is 35.5. The Hall–Kier alpha value is -1.97. The van der Waals surface area contributed by atoms with Gasteiger partial charge in [0, 0.05) is 23.6 Å². The maximum atomic E-state index is 12.5. The molecule has 7 nitrogen and oxygen atoms in total. The molecule has 2 rings (SSSR count). The van der Waals surface area contributed by atoms with Crippen LogP contribution in [0.2, 0.25) is 5.02 Å². The quantitative estimate of drug-likeness (QED) is 0.573. The van der Waals surface area contributed by atoms with Crippen molar-refractivity contribution in [2.24, 2.45) is 0 Å². The summed E-state index contributed by atoms with van der Waals surface area (Å²) in [6, 6.07) is 2.90. The highest BCUT2D eigenvalue weighted by molar-refractivity contribution is 7.90. The maximum absolute atomic E-state index is 12.5. The Morgan fingerprint density at radius 1 is 1.35 bits per heavy atom. The predicted molar refractivity (Wildman–Crippen MR) is 101 cm³/mol. The molecule has 0 saturated carbocycles. The molecule has 1 heterocycles. The fraction of sp³-hybridized carbons (Fsp3) is 0.312. The van der Waals surface area contributed by atoms with Crippen molar-refractivity contribution in [1.29, 1.82) is 0 Å². The number of hydrogen-bond acceptors (Lipinski definition) is 7. The van der Waals surface area contributed by atoms with Crippen molar-refractivity contribution in [1.82, 2.24) is 4.98 Å². The van der Waals surface area contributed by atoms with Gasteiger partial charge in [0.05, 0.1) is 16.5 Å². The zero-order valence-electron chi connectivity index (χ0n) is 14.3. The first kappa shape index (κ1) is 20.3. The number of aromatic nitrogens is 1. The van der Waals surface area contributed by atoms with Crippen molar-refractivity contribution in [3.8, 4) is 5.75 Å². The number of esters is 1. The van der Waals surface area contributed by atoms with E-state index in [-0.39, 0.29) is 33.0 Å². The number of sulfone groups is 1. The van der Waals surface area contributed by atoms with Crippen molar-refractivity contribution in [3.63, 3.8) is 0 Å². The Morgan fingerprint density at radius 2 is 2.04 bits per heavy atom. The van der Waals surface area contributed by atoms with Crippen LogP contribution in [0.3, 0.4) is 0 Å². The number of rotatable bonds is 6. The van der Waals surface area contributed by atoms with Crippen LogP contribution in [0.1, 0.15) is 35.5 Å². The minimum absolute atomic E-state index is 0.0229. The second kappa shape index (κ2) is 8.15. The number of aryl methyl sites for hydroxylation is 1. The van der Waals surface area contributed by atoms with Crippen LogP contribution in [0.4, 0.5) is 5.13 Å². The lowest BCUT2D eigenvalue weighted by atomic mass is 10.1. The number of thiazole rings is 1. The van der Waals surface area contributed by atoms with E-state index in [0.717, 1.165) is 11.3 Å². The first-order valence-corrected chi connectivity index (χ1v) is 10.6. The molecule has 0 aliphatic heterocycles. The molecule has 0 atom stereocenters. The van der Waals surface area contributed by atoms with Crippen LogP contribution in [0, 0.1) is 6.92 Å². The van der Waals surface area contributed by atoms with E-state index in [9.17, 15) is 18.0 Å². The van der Waals surface area contributed by atoms with E-state index in [1.807, 2.05) is 0 Å². The second-order valence-electron chi connectivity index (χ2n) is 5.47. The summed E-state index contributed by atoms with van der Waals surface area (Å²) in [4.78, 5) is 27.7. The standard InChI is InChI=1S/C16H17ClN2O5S2/c1-4-26(22,23)8-11-7-25-16(18-11)19-15(21)12-6-14(24-10(3)20)13(17)5-9(12)2/h5-7H,4,8H2,1-3H3,(H,18,19,21). The van der Waals surface area contributed by atoms with E-state index in [1.54, 1.807) is 19.2 Å². The van der Waals surface area contributed by atoms with Gasteiger partial charge in [-0.1, -0.05) is 18.5 Å². The zero-order valence-corrected chi connectivity index (χ0v) is 16.7. The third-order valence-corrected chi connectivity index (χ3v) is 6.07. The SMILES string of the molecule is CCS(=O)(=O)Cc1csc(NC(=O)c2cc(OC(C)=O)c(Cl)cc2C)n1. The van der Waals surface area contributed by atoms with Crippen molar-refractivity contribution in [2.45, 2.75) is 26.5 Å². The molecule has 0 spiro atoms. The third-order valence-electron chi connectivity index (χ3n) is 3.36. The van der Waals surface area contributed by atoms with Crippen LogP contribution in [-0.2, 0) is 20.4 Å². The van der Waals surface area contributed by atoms with E-state index in [1.165, 1.54) is 19.1 Å². The minimum atomic E-state index is -3.20. The normalized spacial score (nSPS) is 11.2. The first-order valence-electron chi connectivity index (χ1n) is 7.56. The molecular weight excluding hydrogens is 400 g/mol. The molecule has 1 aromatic heterocycles. The lowest BCUT2D eigenvalue weighted by molar-refractivity contribution is -0.131. The average molecular weight is 417 g/mol. The lowest BCUT2D eigenvalue weighted by Gasteiger charge is -2.10. The summed E-state index contributed by atoms with van der Waals surface area (Å²) >= 11 is 7.14. The van der Waals surface area contributed by atoms with Gasteiger partial charge in [0.1, 0.15) is 5.75 Å². The Bertz CT molecular complexity index is 954. The molecule has 0 aliphatic carbocycles. The van der Waals surface area contributed by atoms with Crippen molar-refractivity contribution < 1.29 is 22.7 Å². The van der Waals surface area contributed by atoms with Crippen LogP contribution in [0.15, 0.2) is 17.5 Å². The maximum Gasteiger partial charge on any atom is 0.308 e. The summed E-state index contributed by atoms with van der Waals surface area (Å²) < 4.78 is 28.3. The topological polar surface area (TPSA) is 102 Å². The number of halogens is 1. The number of carbonyl (C=O) groups excluding carboxylic acids is 2. The van der Waals surface area contributed by atoms with Gasteiger partial charge in [-0.25, -0.2) is 13.4 Å². The van der Waals surface area contributed by atoms with Gasteiger partial charge in [0.25, 0.3) is 5.91 Å². The third kappa shape index (κ3) is 5.26. The van der Waals surface area contributed by atoms with Gasteiger partial charge in [-0.05, 0) is 24.6 Å². The van der Waals surface area contributed by atoms with Crippen LogP contribution in [0.25, 0.3) is 0 Å². The summed E-state index contributed by atoms with van der Waals surface area (Å²) in [7, 11) is -3.20. The fourth-order valence-electron chi connectivity index (χ4n) is 2.05. The molecule has 0 radical (unpaired) electrons. The Kier molecular flexibility index (Phi) is 6.38. The van der Waals surface area contributed by atoms with Gasteiger partial charge >= 0.3 is 5.97 Å². The first-order chi connectivity index (χ1) is 12.1. The number of ether oxygens (including phenoxy) is 1. The number of hydrogen-bond donors (Lipinski definition) is 1. The molecule has 140 valence electrons. The summed E-state index contributed by atoms with van der Waals surface area (Å²) in [6.45, 7) is 4.49. The number of carbonyl (C=O) groups is 2. The molecule has 0 bridgehead atoms. The van der Waals surface area contributed by atoms with E-state index >= 15 is 0 Å². The Labute approximate surface area is 160 Å². The molecule has 26 heavy (non-hydrogen) atoms. The van der Waals surface area contributed by atoms with E-state index in [4.69, 9.17) is 16.3 Å². The lowest BCUT2D eigenvalue weighted by Crippen LogP contribution is -2.14. The van der Waals surface area contributed by atoms with E-state index in [2.05, 4.69) is 10.3 Å². The molecule has 0 fully saturated rings.